The molecule has 1 aromatic carbocycles. The topological polar surface area (TPSA) is 109 Å². The molecule has 1 aliphatic rings. The lowest BCUT2D eigenvalue weighted by atomic mass is 9.96. The molecule has 1 saturated heterocycles. The fraction of sp³-hybridized carbons (Fsp3) is 0.368. The van der Waals surface area contributed by atoms with E-state index in [0.717, 1.165) is 22.6 Å². The minimum atomic E-state index is -1.07. The summed E-state index contributed by atoms with van der Waals surface area (Å²) >= 11 is 1.32. The first-order valence-electron chi connectivity index (χ1n) is 8.93. The third-order valence-corrected chi connectivity index (χ3v) is 5.19. The van der Waals surface area contributed by atoms with Gasteiger partial charge in [0.1, 0.15) is 11.3 Å². The van der Waals surface area contributed by atoms with Gasteiger partial charge in [-0.2, -0.15) is 0 Å². The standard InChI is InChI=1S/C19H22N4O4S/c1-4-27-14-6-5-11(2)9-12(14)13-10-28-18(20-13)21-15(24)7-8-19(3)16(25)22-17(26)23-19/h5-6,9-10H,4,7-8H2,1-3H3,(H,20,21,24)(H2,22,23,25,26)/t19-/m1/s1. The second-order valence-corrected chi connectivity index (χ2v) is 7.62. The molecule has 0 radical (unpaired) electrons. The van der Waals surface area contributed by atoms with Crippen LogP contribution in [0.4, 0.5) is 9.93 Å². The normalized spacial score (nSPS) is 18.5. The van der Waals surface area contributed by atoms with Gasteiger partial charge in [-0.15, -0.1) is 11.3 Å². The Kier molecular flexibility index (Phi) is 5.64. The number of thiazole rings is 1. The largest absolute Gasteiger partial charge is 0.493 e. The average molecular weight is 402 g/mol. The molecule has 28 heavy (non-hydrogen) atoms. The molecule has 0 aliphatic carbocycles. The first-order valence-corrected chi connectivity index (χ1v) is 9.81. The zero-order valence-corrected chi connectivity index (χ0v) is 16.7. The Morgan fingerprint density at radius 3 is 2.82 bits per heavy atom. The third kappa shape index (κ3) is 4.30. The van der Waals surface area contributed by atoms with E-state index in [-0.39, 0.29) is 18.7 Å². The van der Waals surface area contributed by atoms with Gasteiger partial charge in [0.05, 0.1) is 12.3 Å². The third-order valence-electron chi connectivity index (χ3n) is 4.43. The van der Waals surface area contributed by atoms with Crippen molar-refractivity contribution >= 4 is 34.3 Å². The minimum absolute atomic E-state index is 0.0771. The molecule has 1 fully saturated rings. The minimum Gasteiger partial charge on any atom is -0.493 e. The summed E-state index contributed by atoms with van der Waals surface area (Å²) in [6, 6.07) is 5.34. The van der Waals surface area contributed by atoms with Crippen molar-refractivity contribution in [2.45, 2.75) is 39.2 Å². The van der Waals surface area contributed by atoms with E-state index in [0.29, 0.717) is 11.7 Å². The number of carbonyl (C=O) groups is 3. The molecular formula is C19H22N4O4S. The number of anilines is 1. The maximum atomic E-state index is 12.3. The number of aryl methyl sites for hydroxylation is 1. The van der Waals surface area contributed by atoms with Crippen molar-refractivity contribution in [2.24, 2.45) is 0 Å². The maximum Gasteiger partial charge on any atom is 0.322 e. The van der Waals surface area contributed by atoms with E-state index < -0.39 is 17.5 Å². The number of carbonyl (C=O) groups excluding carboxylic acids is 3. The molecule has 148 valence electrons. The number of amides is 4. The van der Waals surface area contributed by atoms with Gasteiger partial charge in [-0.3, -0.25) is 14.9 Å². The smallest absolute Gasteiger partial charge is 0.322 e. The van der Waals surface area contributed by atoms with Crippen LogP contribution in [0, 0.1) is 6.92 Å². The highest BCUT2D eigenvalue weighted by Gasteiger charge is 2.41. The lowest BCUT2D eigenvalue weighted by molar-refractivity contribution is -0.124. The van der Waals surface area contributed by atoms with Crippen molar-refractivity contribution in [2.75, 3.05) is 11.9 Å². The van der Waals surface area contributed by atoms with Crippen LogP contribution in [0.25, 0.3) is 11.3 Å². The molecule has 0 unspecified atom stereocenters. The van der Waals surface area contributed by atoms with Gasteiger partial charge in [-0.1, -0.05) is 11.6 Å². The summed E-state index contributed by atoms with van der Waals surface area (Å²) in [5.41, 5.74) is 1.61. The van der Waals surface area contributed by atoms with Crippen molar-refractivity contribution < 1.29 is 19.1 Å². The van der Waals surface area contributed by atoms with E-state index in [9.17, 15) is 14.4 Å². The summed E-state index contributed by atoms with van der Waals surface area (Å²) in [6.07, 6.45) is 0.273. The predicted molar refractivity (Wildman–Crippen MR) is 106 cm³/mol. The molecule has 1 atom stereocenters. The van der Waals surface area contributed by atoms with Crippen LogP contribution in [-0.4, -0.2) is 35.0 Å². The van der Waals surface area contributed by atoms with Gasteiger partial charge in [0, 0.05) is 17.4 Å². The Balaban J connectivity index is 1.65. The van der Waals surface area contributed by atoms with Crippen molar-refractivity contribution in [3.63, 3.8) is 0 Å². The SMILES string of the molecule is CCOc1ccc(C)cc1-c1csc(NC(=O)CC[C@@]2(C)NC(=O)NC2=O)n1. The lowest BCUT2D eigenvalue weighted by Gasteiger charge is -2.19. The van der Waals surface area contributed by atoms with Crippen LogP contribution in [0.15, 0.2) is 23.6 Å². The van der Waals surface area contributed by atoms with Gasteiger partial charge in [-0.05, 0) is 39.3 Å². The van der Waals surface area contributed by atoms with Crippen LogP contribution >= 0.6 is 11.3 Å². The van der Waals surface area contributed by atoms with Crippen LogP contribution in [0.1, 0.15) is 32.3 Å². The van der Waals surface area contributed by atoms with E-state index in [1.165, 1.54) is 11.3 Å². The Labute approximate surface area is 166 Å². The van der Waals surface area contributed by atoms with Crippen LogP contribution in [0.2, 0.25) is 0 Å². The second-order valence-electron chi connectivity index (χ2n) is 6.76. The van der Waals surface area contributed by atoms with Crippen molar-refractivity contribution in [1.82, 2.24) is 15.6 Å². The number of ether oxygens (including phenoxy) is 1. The number of benzene rings is 1. The summed E-state index contributed by atoms with van der Waals surface area (Å²) in [4.78, 5) is 39.8. The molecule has 0 bridgehead atoms. The first kappa shape index (κ1) is 19.8. The predicted octanol–water partition coefficient (Wildman–Crippen LogP) is 2.83. The summed E-state index contributed by atoms with van der Waals surface area (Å²) in [5, 5.41) is 9.80. The molecule has 1 aromatic heterocycles. The molecule has 9 heteroatoms. The number of hydrogen-bond donors (Lipinski definition) is 3. The number of hydrogen-bond acceptors (Lipinski definition) is 6. The van der Waals surface area contributed by atoms with Gasteiger partial charge in [0.25, 0.3) is 5.91 Å². The van der Waals surface area contributed by atoms with Crippen LogP contribution in [0.5, 0.6) is 5.75 Å². The van der Waals surface area contributed by atoms with E-state index in [4.69, 9.17) is 4.74 Å². The second kappa shape index (κ2) is 7.97. The number of nitrogens with zero attached hydrogens (tertiary/aromatic N) is 1. The Morgan fingerprint density at radius 1 is 1.36 bits per heavy atom. The van der Waals surface area contributed by atoms with E-state index in [1.807, 2.05) is 37.4 Å². The van der Waals surface area contributed by atoms with Gasteiger partial charge in [0.2, 0.25) is 5.91 Å². The van der Waals surface area contributed by atoms with Crippen LogP contribution < -0.4 is 20.7 Å². The van der Waals surface area contributed by atoms with Gasteiger partial charge in [0.15, 0.2) is 5.13 Å². The molecule has 8 nitrogen and oxygen atoms in total. The highest BCUT2D eigenvalue weighted by atomic mass is 32.1. The molecule has 3 N–H and O–H groups in total. The van der Waals surface area contributed by atoms with Crippen molar-refractivity contribution in [3.05, 3.63) is 29.1 Å². The first-order chi connectivity index (χ1) is 13.3. The van der Waals surface area contributed by atoms with Gasteiger partial charge >= 0.3 is 6.03 Å². The summed E-state index contributed by atoms with van der Waals surface area (Å²) in [5.74, 6) is 0.0438. The maximum absolute atomic E-state index is 12.3. The summed E-state index contributed by atoms with van der Waals surface area (Å²) in [6.45, 7) is 6.05. The average Bonchev–Trinajstić information content (AvgIpc) is 3.19. The number of imide groups is 1. The molecule has 2 heterocycles. The summed E-state index contributed by atoms with van der Waals surface area (Å²) < 4.78 is 5.67. The molecule has 0 spiro atoms. The quantitative estimate of drug-likeness (QED) is 0.617. The van der Waals surface area contributed by atoms with Crippen molar-refractivity contribution in [1.29, 1.82) is 0 Å². The number of nitrogens with one attached hydrogen (secondary N) is 3. The zero-order chi connectivity index (χ0) is 20.3. The molecule has 4 amide bonds. The van der Waals surface area contributed by atoms with E-state index >= 15 is 0 Å². The van der Waals surface area contributed by atoms with Gasteiger partial charge < -0.3 is 15.4 Å². The van der Waals surface area contributed by atoms with Crippen LogP contribution in [-0.2, 0) is 9.59 Å². The molecular weight excluding hydrogens is 380 g/mol. The number of aromatic nitrogens is 1. The molecule has 3 rings (SSSR count). The highest BCUT2D eigenvalue weighted by Crippen LogP contribution is 2.33. The van der Waals surface area contributed by atoms with Crippen molar-refractivity contribution in [3.8, 4) is 17.0 Å². The number of urea groups is 1. The Morgan fingerprint density at radius 2 is 2.14 bits per heavy atom. The molecule has 2 aromatic rings. The van der Waals surface area contributed by atoms with Crippen LogP contribution in [0.3, 0.4) is 0 Å². The monoisotopic (exact) mass is 402 g/mol. The van der Waals surface area contributed by atoms with Gasteiger partial charge in [-0.25, -0.2) is 9.78 Å². The molecule has 1 aliphatic heterocycles. The van der Waals surface area contributed by atoms with E-state index in [1.54, 1.807) is 6.92 Å². The Hall–Kier alpha value is -2.94. The Bertz CT molecular complexity index is 926. The molecule has 0 saturated carbocycles. The fourth-order valence-corrected chi connectivity index (χ4v) is 3.61. The summed E-state index contributed by atoms with van der Waals surface area (Å²) in [7, 11) is 0. The number of rotatable bonds is 7. The fourth-order valence-electron chi connectivity index (χ4n) is 2.88. The van der Waals surface area contributed by atoms with E-state index in [2.05, 4.69) is 20.9 Å². The zero-order valence-electron chi connectivity index (χ0n) is 15.9. The lowest BCUT2D eigenvalue weighted by Crippen LogP contribution is -2.44. The highest BCUT2D eigenvalue weighted by molar-refractivity contribution is 7.14.